The van der Waals surface area contributed by atoms with Gasteiger partial charge in [-0.3, -0.25) is 4.79 Å². The fourth-order valence-electron chi connectivity index (χ4n) is 2.07. The van der Waals surface area contributed by atoms with Crippen molar-refractivity contribution in [2.45, 2.75) is 39.0 Å². The third-order valence-corrected chi connectivity index (χ3v) is 2.71. The van der Waals surface area contributed by atoms with Crippen molar-refractivity contribution in [3.05, 3.63) is 23.3 Å². The summed E-state index contributed by atoms with van der Waals surface area (Å²) < 4.78 is 48.7. The SMILES string of the molecule is CC(=O)Oc1cc(C(F)(F)F)cc2c1OC(C)(C)C2. The number of fused-ring (bicyclic) bond motifs is 1. The van der Waals surface area contributed by atoms with Gasteiger partial charge in [0.15, 0.2) is 11.5 Å². The van der Waals surface area contributed by atoms with Gasteiger partial charge in [-0.1, -0.05) is 0 Å². The highest BCUT2D eigenvalue weighted by atomic mass is 19.4. The average molecular weight is 274 g/mol. The van der Waals surface area contributed by atoms with Gasteiger partial charge in [-0.15, -0.1) is 0 Å². The number of esters is 1. The molecule has 2 rings (SSSR count). The summed E-state index contributed by atoms with van der Waals surface area (Å²) in [5, 5.41) is 0. The number of carbonyl (C=O) groups excluding carboxylic acids is 1. The minimum Gasteiger partial charge on any atom is -0.483 e. The molecule has 0 aliphatic carbocycles. The Hall–Kier alpha value is -1.72. The molecule has 0 amide bonds. The van der Waals surface area contributed by atoms with Gasteiger partial charge < -0.3 is 9.47 Å². The molecule has 0 N–H and O–H groups in total. The van der Waals surface area contributed by atoms with Gasteiger partial charge in [-0.05, 0) is 26.0 Å². The van der Waals surface area contributed by atoms with E-state index in [0.717, 1.165) is 19.1 Å². The molecular weight excluding hydrogens is 261 g/mol. The van der Waals surface area contributed by atoms with Gasteiger partial charge in [0.05, 0.1) is 5.56 Å². The number of carbonyl (C=O) groups is 1. The summed E-state index contributed by atoms with van der Waals surface area (Å²) in [4.78, 5) is 11.0. The summed E-state index contributed by atoms with van der Waals surface area (Å²) in [6.45, 7) is 4.66. The molecular formula is C13H13F3O3. The Morgan fingerprint density at radius 2 is 2.00 bits per heavy atom. The number of hydrogen-bond acceptors (Lipinski definition) is 3. The topological polar surface area (TPSA) is 35.5 Å². The molecule has 0 spiro atoms. The van der Waals surface area contributed by atoms with Crippen LogP contribution < -0.4 is 9.47 Å². The Bertz CT molecular complexity index is 533. The fourth-order valence-corrected chi connectivity index (χ4v) is 2.07. The van der Waals surface area contributed by atoms with Crippen LogP contribution in [0.4, 0.5) is 13.2 Å². The molecule has 1 aromatic carbocycles. The smallest absolute Gasteiger partial charge is 0.416 e. The Balaban J connectivity index is 2.53. The van der Waals surface area contributed by atoms with Crippen LogP contribution in [0.1, 0.15) is 31.9 Å². The zero-order chi connectivity index (χ0) is 14.4. The number of alkyl halides is 3. The zero-order valence-electron chi connectivity index (χ0n) is 10.7. The lowest BCUT2D eigenvalue weighted by molar-refractivity contribution is -0.138. The molecule has 1 aliphatic rings. The van der Waals surface area contributed by atoms with Crippen LogP contribution in [-0.4, -0.2) is 11.6 Å². The van der Waals surface area contributed by atoms with E-state index in [4.69, 9.17) is 9.47 Å². The van der Waals surface area contributed by atoms with Crippen molar-refractivity contribution in [1.82, 2.24) is 0 Å². The van der Waals surface area contributed by atoms with Crippen LogP contribution >= 0.6 is 0 Å². The average Bonchev–Trinajstić information content (AvgIpc) is 2.50. The quantitative estimate of drug-likeness (QED) is 0.582. The molecule has 1 heterocycles. The molecule has 0 fully saturated rings. The van der Waals surface area contributed by atoms with Crippen molar-refractivity contribution < 1.29 is 27.4 Å². The van der Waals surface area contributed by atoms with E-state index in [0.29, 0.717) is 12.0 Å². The van der Waals surface area contributed by atoms with Crippen LogP contribution in [0.2, 0.25) is 0 Å². The minimum absolute atomic E-state index is 0.178. The predicted molar refractivity (Wildman–Crippen MR) is 61.2 cm³/mol. The number of ether oxygens (including phenoxy) is 2. The van der Waals surface area contributed by atoms with E-state index in [-0.39, 0.29) is 11.5 Å². The Morgan fingerprint density at radius 1 is 1.37 bits per heavy atom. The molecule has 0 atom stereocenters. The molecule has 0 radical (unpaired) electrons. The van der Waals surface area contributed by atoms with E-state index in [2.05, 4.69) is 0 Å². The largest absolute Gasteiger partial charge is 0.483 e. The van der Waals surface area contributed by atoms with E-state index in [1.54, 1.807) is 13.8 Å². The van der Waals surface area contributed by atoms with Crippen LogP contribution in [0.5, 0.6) is 11.5 Å². The third kappa shape index (κ3) is 2.83. The van der Waals surface area contributed by atoms with Crippen LogP contribution in [0.3, 0.4) is 0 Å². The van der Waals surface area contributed by atoms with Gasteiger partial charge >= 0.3 is 12.1 Å². The summed E-state index contributed by atoms with van der Waals surface area (Å²) in [6, 6.07) is 1.83. The van der Waals surface area contributed by atoms with Gasteiger partial charge in [0.25, 0.3) is 0 Å². The second-order valence-electron chi connectivity index (χ2n) is 5.09. The lowest BCUT2D eigenvalue weighted by Crippen LogP contribution is -2.24. The molecule has 0 saturated heterocycles. The Labute approximate surface area is 108 Å². The van der Waals surface area contributed by atoms with Gasteiger partial charge in [-0.25, -0.2) is 0 Å². The second-order valence-corrected chi connectivity index (χ2v) is 5.09. The molecule has 1 aromatic rings. The van der Waals surface area contributed by atoms with Crippen molar-refractivity contribution in [2.24, 2.45) is 0 Å². The standard InChI is InChI=1S/C13H13F3O3/c1-7(17)18-10-5-9(13(14,15)16)4-8-6-12(2,3)19-11(8)10/h4-5H,6H2,1-3H3. The van der Waals surface area contributed by atoms with E-state index >= 15 is 0 Å². The molecule has 0 unspecified atom stereocenters. The van der Waals surface area contributed by atoms with Crippen LogP contribution in [0.25, 0.3) is 0 Å². The number of halogens is 3. The van der Waals surface area contributed by atoms with Crippen LogP contribution in [0, 0.1) is 0 Å². The molecule has 0 saturated carbocycles. The summed E-state index contributed by atoms with van der Waals surface area (Å²) in [5.74, 6) is -0.647. The summed E-state index contributed by atoms with van der Waals surface area (Å²) in [6.07, 6.45) is -4.16. The van der Waals surface area contributed by atoms with Gasteiger partial charge in [0, 0.05) is 18.9 Å². The van der Waals surface area contributed by atoms with Crippen LogP contribution in [0.15, 0.2) is 12.1 Å². The number of rotatable bonds is 1. The van der Waals surface area contributed by atoms with E-state index in [9.17, 15) is 18.0 Å². The highest BCUT2D eigenvalue weighted by Crippen LogP contribution is 2.45. The summed E-state index contributed by atoms with van der Waals surface area (Å²) in [5.41, 5.74) is -1.05. The molecule has 6 heteroatoms. The van der Waals surface area contributed by atoms with Crippen molar-refractivity contribution in [1.29, 1.82) is 0 Å². The summed E-state index contributed by atoms with van der Waals surface area (Å²) >= 11 is 0. The first kappa shape index (κ1) is 13.7. The molecule has 104 valence electrons. The first-order valence-electron chi connectivity index (χ1n) is 5.70. The van der Waals surface area contributed by atoms with Gasteiger partial charge in [-0.2, -0.15) is 13.2 Å². The highest BCUT2D eigenvalue weighted by molar-refractivity contribution is 5.71. The molecule has 0 bridgehead atoms. The molecule has 3 nitrogen and oxygen atoms in total. The molecule has 19 heavy (non-hydrogen) atoms. The lowest BCUT2D eigenvalue weighted by atomic mass is 10.00. The van der Waals surface area contributed by atoms with Crippen LogP contribution in [-0.2, 0) is 17.4 Å². The molecule has 0 aromatic heterocycles. The maximum atomic E-state index is 12.8. The fraction of sp³-hybridized carbons (Fsp3) is 0.462. The van der Waals surface area contributed by atoms with E-state index in [1.807, 2.05) is 0 Å². The van der Waals surface area contributed by atoms with E-state index < -0.39 is 23.3 Å². The maximum absolute atomic E-state index is 12.8. The predicted octanol–water partition coefficient (Wildman–Crippen LogP) is 3.34. The first-order chi connectivity index (χ1) is 8.58. The van der Waals surface area contributed by atoms with Gasteiger partial charge in [0.1, 0.15) is 5.60 Å². The van der Waals surface area contributed by atoms with Gasteiger partial charge in [0.2, 0.25) is 0 Å². The Morgan fingerprint density at radius 3 is 2.53 bits per heavy atom. The van der Waals surface area contributed by atoms with Crippen molar-refractivity contribution in [3.63, 3.8) is 0 Å². The van der Waals surface area contributed by atoms with E-state index in [1.165, 1.54) is 0 Å². The summed E-state index contributed by atoms with van der Waals surface area (Å²) in [7, 11) is 0. The van der Waals surface area contributed by atoms with Crippen molar-refractivity contribution >= 4 is 5.97 Å². The Kier molecular flexibility index (Phi) is 2.99. The monoisotopic (exact) mass is 274 g/mol. The number of benzene rings is 1. The zero-order valence-corrected chi connectivity index (χ0v) is 10.7. The maximum Gasteiger partial charge on any atom is 0.416 e. The van der Waals surface area contributed by atoms with Crippen molar-refractivity contribution in [3.8, 4) is 11.5 Å². The minimum atomic E-state index is -4.49. The lowest BCUT2D eigenvalue weighted by Gasteiger charge is -2.18. The van der Waals surface area contributed by atoms with Crippen molar-refractivity contribution in [2.75, 3.05) is 0 Å². The highest BCUT2D eigenvalue weighted by Gasteiger charge is 2.38. The molecule has 1 aliphatic heterocycles. The third-order valence-electron chi connectivity index (χ3n) is 2.71. The normalized spacial score (nSPS) is 16.7. The first-order valence-corrected chi connectivity index (χ1v) is 5.70. The second kappa shape index (κ2) is 4.15. The number of hydrogen-bond donors (Lipinski definition) is 0.